The lowest BCUT2D eigenvalue weighted by Gasteiger charge is -2.41. The summed E-state index contributed by atoms with van der Waals surface area (Å²) in [5, 5.41) is 1.66. The molecule has 3 heterocycles. The van der Waals surface area contributed by atoms with E-state index in [4.69, 9.17) is 9.98 Å². The van der Waals surface area contributed by atoms with E-state index in [1.807, 2.05) is 28.0 Å². The second kappa shape index (κ2) is 7.57. The third-order valence-corrected chi connectivity index (χ3v) is 7.98. The van der Waals surface area contributed by atoms with Gasteiger partial charge in [-0.1, -0.05) is 30.3 Å². The van der Waals surface area contributed by atoms with Crippen molar-refractivity contribution in [1.82, 2.24) is 9.80 Å². The Balaban J connectivity index is 1.09. The van der Waals surface area contributed by atoms with Crippen molar-refractivity contribution in [2.75, 3.05) is 19.6 Å². The molecule has 178 valence electrons. The van der Waals surface area contributed by atoms with Crippen LogP contribution in [0.3, 0.4) is 0 Å². The largest absolute Gasteiger partial charge is 0.342 e. The van der Waals surface area contributed by atoms with E-state index in [9.17, 15) is 14.0 Å². The summed E-state index contributed by atoms with van der Waals surface area (Å²) in [5.41, 5.74) is 1.48. The van der Waals surface area contributed by atoms with Crippen LogP contribution in [0.15, 0.2) is 52.4 Å². The van der Waals surface area contributed by atoms with Crippen molar-refractivity contribution >= 4 is 23.7 Å². The summed E-state index contributed by atoms with van der Waals surface area (Å²) in [6.07, 6.45) is 6.45. The fourth-order valence-corrected chi connectivity index (χ4v) is 5.53. The van der Waals surface area contributed by atoms with E-state index in [2.05, 4.69) is 12.1 Å². The molecule has 1 atom stereocenters. The molecule has 1 unspecified atom stereocenters. The molecular weight excluding hydrogens is 443 g/mol. The first-order valence-corrected chi connectivity index (χ1v) is 12.6. The first-order chi connectivity index (χ1) is 17.0. The molecule has 0 bridgehead atoms. The molecule has 2 aromatic rings. The molecule has 2 saturated carbocycles. The summed E-state index contributed by atoms with van der Waals surface area (Å²) in [7, 11) is 0. The molecule has 35 heavy (non-hydrogen) atoms. The quantitative estimate of drug-likeness (QED) is 0.674. The summed E-state index contributed by atoms with van der Waals surface area (Å²) in [4.78, 5) is 39.0. The lowest BCUT2D eigenvalue weighted by atomic mass is 9.97. The average molecular weight is 471 g/mol. The fraction of sp³-hybridized carbons (Fsp3) is 0.429. The maximum atomic E-state index is 13.5. The second-order valence-electron chi connectivity index (χ2n) is 10.7. The molecular formula is C28H27FN4O2. The maximum absolute atomic E-state index is 13.5. The van der Waals surface area contributed by atoms with Gasteiger partial charge in [-0.2, -0.15) is 0 Å². The van der Waals surface area contributed by atoms with Gasteiger partial charge in [-0.3, -0.25) is 24.5 Å². The summed E-state index contributed by atoms with van der Waals surface area (Å²) >= 11 is 0. The topological polar surface area (TPSA) is 65.3 Å². The van der Waals surface area contributed by atoms with E-state index in [1.54, 1.807) is 6.07 Å². The lowest BCUT2D eigenvalue weighted by Crippen LogP contribution is -2.55. The molecule has 7 rings (SSSR count). The Labute approximate surface area is 202 Å². The molecule has 2 amide bonds. The van der Waals surface area contributed by atoms with Crippen LogP contribution < -0.4 is 10.6 Å². The molecule has 2 aliphatic carbocycles. The molecule has 2 aromatic carbocycles. The first kappa shape index (κ1) is 21.0. The molecule has 6 nitrogen and oxygen atoms in total. The monoisotopic (exact) mass is 470 g/mol. The molecule has 0 radical (unpaired) electrons. The van der Waals surface area contributed by atoms with Crippen LogP contribution in [-0.2, 0) is 9.59 Å². The zero-order valence-electron chi connectivity index (χ0n) is 19.5. The number of halogens is 1. The van der Waals surface area contributed by atoms with Gasteiger partial charge in [-0.15, -0.1) is 0 Å². The first-order valence-electron chi connectivity index (χ1n) is 12.6. The number of amidine groups is 1. The molecule has 7 heteroatoms. The van der Waals surface area contributed by atoms with E-state index in [0.717, 1.165) is 72.7 Å². The fourth-order valence-electron chi connectivity index (χ4n) is 5.53. The Kier molecular flexibility index (Phi) is 4.54. The van der Waals surface area contributed by atoms with Gasteiger partial charge in [0.05, 0.1) is 11.4 Å². The second-order valence-corrected chi connectivity index (χ2v) is 10.7. The average Bonchev–Trinajstić information content (AvgIpc) is 3.76. The minimum absolute atomic E-state index is 0.00926. The highest BCUT2D eigenvalue weighted by Gasteiger charge is 2.57. The summed E-state index contributed by atoms with van der Waals surface area (Å²) in [6.45, 7) is 2.10. The van der Waals surface area contributed by atoms with Crippen molar-refractivity contribution in [3.05, 3.63) is 70.0 Å². The number of rotatable bonds is 5. The number of carbonyl (C=O) groups is 2. The van der Waals surface area contributed by atoms with Crippen molar-refractivity contribution in [2.24, 2.45) is 21.8 Å². The van der Waals surface area contributed by atoms with Gasteiger partial charge >= 0.3 is 0 Å². The number of fused-ring (bicyclic) bond motifs is 1. The summed E-state index contributed by atoms with van der Waals surface area (Å²) in [5.74, 6) is 1.48. The lowest BCUT2D eigenvalue weighted by molar-refractivity contribution is -0.139. The molecule has 3 aliphatic heterocycles. The van der Waals surface area contributed by atoms with Crippen molar-refractivity contribution in [3.63, 3.8) is 0 Å². The summed E-state index contributed by atoms with van der Waals surface area (Å²) < 4.78 is 13.5. The Hall–Kier alpha value is -3.35. The number of nitrogens with zero attached hydrogens (tertiary/aromatic N) is 4. The minimum Gasteiger partial charge on any atom is -0.342 e. The number of likely N-dealkylation sites (tertiary alicyclic amines) is 1. The normalized spacial score (nSPS) is 24.4. The van der Waals surface area contributed by atoms with Crippen LogP contribution in [-0.4, -0.2) is 52.6 Å². The number of aliphatic imine (C=N–C) groups is 1. The van der Waals surface area contributed by atoms with Crippen molar-refractivity contribution in [1.29, 1.82) is 0 Å². The molecule has 0 aromatic heterocycles. The van der Waals surface area contributed by atoms with Crippen LogP contribution in [0, 0.1) is 17.7 Å². The van der Waals surface area contributed by atoms with Crippen LogP contribution in [0.25, 0.3) is 6.08 Å². The van der Waals surface area contributed by atoms with Gasteiger partial charge in [0, 0.05) is 37.0 Å². The number of hydrogen-bond donors (Lipinski definition) is 0. The van der Waals surface area contributed by atoms with Gasteiger partial charge < -0.3 is 4.90 Å². The van der Waals surface area contributed by atoms with Crippen LogP contribution in [0.5, 0.6) is 0 Å². The third-order valence-electron chi connectivity index (χ3n) is 7.98. The van der Waals surface area contributed by atoms with Crippen LogP contribution >= 0.6 is 0 Å². The Morgan fingerprint density at radius 3 is 2.57 bits per heavy atom. The SMILES string of the molecule is O=C(C1CC1)N1CC(CN2C(=O)C3(CC3)N=C2c2ccc(C3CC=c4cc(F)ccc4=N3)cc2)C1. The zero-order chi connectivity index (χ0) is 23.7. The van der Waals surface area contributed by atoms with Gasteiger partial charge in [0.25, 0.3) is 5.91 Å². The number of carbonyl (C=O) groups excluding carboxylic acids is 2. The predicted octanol–water partition coefficient (Wildman–Crippen LogP) is 2.36. The molecule has 3 fully saturated rings. The van der Waals surface area contributed by atoms with Gasteiger partial charge in [0.15, 0.2) is 0 Å². The van der Waals surface area contributed by atoms with Gasteiger partial charge in [0.1, 0.15) is 17.2 Å². The Morgan fingerprint density at radius 2 is 1.86 bits per heavy atom. The van der Waals surface area contributed by atoms with Crippen molar-refractivity contribution in [2.45, 2.75) is 43.7 Å². The van der Waals surface area contributed by atoms with Crippen LogP contribution in [0.2, 0.25) is 0 Å². The zero-order valence-corrected chi connectivity index (χ0v) is 19.5. The van der Waals surface area contributed by atoms with Crippen LogP contribution in [0.1, 0.15) is 49.3 Å². The van der Waals surface area contributed by atoms with E-state index >= 15 is 0 Å². The highest BCUT2D eigenvalue weighted by Crippen LogP contribution is 2.46. The number of amides is 2. The smallest absolute Gasteiger partial charge is 0.256 e. The van der Waals surface area contributed by atoms with E-state index in [0.29, 0.717) is 12.5 Å². The Morgan fingerprint density at radius 1 is 1.09 bits per heavy atom. The molecule has 5 aliphatic rings. The standard InChI is InChI=1S/C28H27FN4O2/c29-22-8-10-24-21(13-22)7-9-23(30-24)18-1-3-19(4-2-18)25-31-28(11-12-28)27(35)33(25)16-17-14-32(15-17)26(34)20-5-6-20/h1-4,7-8,10,13,17,20,23H,5-6,9,11-12,14-16H2. The van der Waals surface area contributed by atoms with Gasteiger partial charge in [-0.25, -0.2) is 4.39 Å². The highest BCUT2D eigenvalue weighted by molar-refractivity contribution is 6.16. The van der Waals surface area contributed by atoms with Crippen molar-refractivity contribution in [3.8, 4) is 0 Å². The molecule has 1 spiro atoms. The minimum atomic E-state index is -0.548. The summed E-state index contributed by atoms with van der Waals surface area (Å²) in [6, 6.07) is 12.9. The predicted molar refractivity (Wildman–Crippen MR) is 128 cm³/mol. The third kappa shape index (κ3) is 3.60. The molecule has 0 N–H and O–H groups in total. The van der Waals surface area contributed by atoms with E-state index in [-0.39, 0.29) is 29.6 Å². The van der Waals surface area contributed by atoms with Crippen molar-refractivity contribution < 1.29 is 14.0 Å². The molecule has 1 saturated heterocycles. The number of hydrogen-bond acceptors (Lipinski definition) is 4. The van der Waals surface area contributed by atoms with Gasteiger partial charge in [-0.05, 0) is 61.1 Å². The van der Waals surface area contributed by atoms with E-state index in [1.165, 1.54) is 12.1 Å². The maximum Gasteiger partial charge on any atom is 0.256 e. The highest BCUT2D eigenvalue weighted by atomic mass is 19.1. The van der Waals surface area contributed by atoms with Gasteiger partial charge in [0.2, 0.25) is 5.91 Å². The number of benzene rings is 2. The van der Waals surface area contributed by atoms with E-state index < -0.39 is 5.54 Å². The van der Waals surface area contributed by atoms with Crippen LogP contribution in [0.4, 0.5) is 4.39 Å². The Bertz CT molecular complexity index is 1390.